The zero-order valence-electron chi connectivity index (χ0n) is 14.3. The van der Waals surface area contributed by atoms with Gasteiger partial charge in [0.05, 0.1) is 12.7 Å². The lowest BCUT2D eigenvalue weighted by molar-refractivity contribution is -0.134. The molecule has 0 atom stereocenters. The van der Waals surface area contributed by atoms with Crippen LogP contribution in [-0.2, 0) is 4.79 Å². The first-order chi connectivity index (χ1) is 12.0. The molecular weight excluding hydrogens is 320 g/mol. The molecule has 0 saturated heterocycles. The summed E-state index contributed by atoms with van der Waals surface area (Å²) in [6.07, 6.45) is 1.96. The summed E-state index contributed by atoms with van der Waals surface area (Å²) in [4.78, 5) is 24.0. The molecule has 0 bridgehead atoms. The van der Waals surface area contributed by atoms with Crippen LogP contribution >= 0.6 is 0 Å². The molecule has 0 spiro atoms. The molecule has 5 heteroatoms. The van der Waals surface area contributed by atoms with E-state index >= 15 is 0 Å². The first-order valence-electron chi connectivity index (χ1n) is 7.96. The van der Waals surface area contributed by atoms with Gasteiger partial charge in [-0.1, -0.05) is 19.1 Å². The van der Waals surface area contributed by atoms with Crippen molar-refractivity contribution in [1.82, 2.24) is 0 Å². The van der Waals surface area contributed by atoms with Crippen LogP contribution in [0.15, 0.2) is 42.2 Å². The zero-order valence-corrected chi connectivity index (χ0v) is 14.3. The number of rotatable bonds is 4. The Bertz CT molecular complexity index is 862. The number of ketones is 1. The minimum absolute atomic E-state index is 0.192. The minimum Gasteiger partial charge on any atom is -0.497 e. The first-order valence-corrected chi connectivity index (χ1v) is 7.96. The molecule has 3 rings (SSSR count). The van der Waals surface area contributed by atoms with E-state index < -0.39 is 0 Å². The highest BCUT2D eigenvalue weighted by atomic mass is 16.5. The Morgan fingerprint density at radius 2 is 1.88 bits per heavy atom. The Kier molecular flexibility index (Phi) is 4.57. The largest absolute Gasteiger partial charge is 0.497 e. The molecule has 5 nitrogen and oxygen atoms in total. The Morgan fingerprint density at radius 1 is 1.16 bits per heavy atom. The fourth-order valence-electron chi connectivity index (χ4n) is 2.52. The molecule has 1 aliphatic heterocycles. The molecule has 0 aliphatic carbocycles. The van der Waals surface area contributed by atoms with Crippen molar-refractivity contribution in [2.75, 3.05) is 7.11 Å². The number of methoxy groups -OCH3 is 1. The van der Waals surface area contributed by atoms with Gasteiger partial charge in [-0.25, -0.2) is 0 Å². The standard InChI is InChI=1S/C20H18O5/c1-4-18(21)24-16-10-9-15-19(22)17(25-20(15)12(16)2)11-13-5-7-14(23-3)8-6-13/h5-11H,4H2,1-3H3/b17-11-. The van der Waals surface area contributed by atoms with E-state index in [-0.39, 0.29) is 23.9 Å². The molecule has 1 heterocycles. The molecule has 0 saturated carbocycles. The van der Waals surface area contributed by atoms with Gasteiger partial charge in [-0.2, -0.15) is 0 Å². The van der Waals surface area contributed by atoms with Gasteiger partial charge in [0.1, 0.15) is 17.2 Å². The number of ether oxygens (including phenoxy) is 3. The van der Waals surface area contributed by atoms with E-state index in [0.29, 0.717) is 22.6 Å². The van der Waals surface area contributed by atoms with E-state index in [2.05, 4.69) is 0 Å². The molecule has 2 aromatic carbocycles. The highest BCUT2D eigenvalue weighted by molar-refractivity contribution is 6.15. The van der Waals surface area contributed by atoms with Crippen molar-refractivity contribution in [3.8, 4) is 17.2 Å². The average Bonchev–Trinajstić information content (AvgIpc) is 2.94. The number of fused-ring (bicyclic) bond motifs is 1. The second kappa shape index (κ2) is 6.81. The second-order valence-electron chi connectivity index (χ2n) is 5.61. The van der Waals surface area contributed by atoms with Gasteiger partial charge in [-0.3, -0.25) is 9.59 Å². The molecule has 0 amide bonds. The third-order valence-electron chi connectivity index (χ3n) is 3.96. The summed E-state index contributed by atoms with van der Waals surface area (Å²) >= 11 is 0. The molecule has 0 aromatic heterocycles. The normalized spacial score (nSPS) is 14.2. The fraction of sp³-hybridized carbons (Fsp3) is 0.200. The monoisotopic (exact) mass is 338 g/mol. The number of benzene rings is 2. The molecule has 0 fully saturated rings. The van der Waals surface area contributed by atoms with Crippen molar-refractivity contribution in [2.45, 2.75) is 20.3 Å². The van der Waals surface area contributed by atoms with Gasteiger partial charge in [-0.05, 0) is 42.8 Å². The van der Waals surface area contributed by atoms with Crippen LogP contribution in [0, 0.1) is 6.92 Å². The molecular formula is C20H18O5. The van der Waals surface area contributed by atoms with Crippen LogP contribution in [0.3, 0.4) is 0 Å². The maximum absolute atomic E-state index is 12.5. The quantitative estimate of drug-likeness (QED) is 0.480. The number of Topliss-reactive ketones (excluding diaryl/α,β-unsaturated/α-hetero) is 1. The Hall–Kier alpha value is -3.08. The van der Waals surface area contributed by atoms with Crippen LogP contribution in [0.1, 0.15) is 34.8 Å². The Morgan fingerprint density at radius 3 is 2.52 bits per heavy atom. The van der Waals surface area contributed by atoms with Crippen molar-refractivity contribution in [2.24, 2.45) is 0 Å². The first kappa shape index (κ1) is 16.8. The van der Waals surface area contributed by atoms with Gasteiger partial charge in [0.2, 0.25) is 5.78 Å². The lowest BCUT2D eigenvalue weighted by Crippen LogP contribution is -2.06. The number of hydrogen-bond acceptors (Lipinski definition) is 5. The van der Waals surface area contributed by atoms with Gasteiger partial charge in [0.25, 0.3) is 0 Å². The van der Waals surface area contributed by atoms with Crippen molar-refractivity contribution in [3.63, 3.8) is 0 Å². The van der Waals surface area contributed by atoms with Crippen molar-refractivity contribution >= 4 is 17.8 Å². The number of carbonyl (C=O) groups is 2. The Labute approximate surface area is 145 Å². The number of esters is 1. The predicted octanol–water partition coefficient (Wildman–Crippen LogP) is 3.94. The van der Waals surface area contributed by atoms with Crippen LogP contribution in [0.4, 0.5) is 0 Å². The SMILES string of the molecule is CCC(=O)Oc1ccc2c(c1C)O/C(=C\c1ccc(OC)cc1)C2=O. The lowest BCUT2D eigenvalue weighted by Gasteiger charge is -2.09. The Balaban J connectivity index is 1.90. The van der Waals surface area contributed by atoms with E-state index in [1.165, 1.54) is 0 Å². The van der Waals surface area contributed by atoms with E-state index in [1.807, 2.05) is 24.3 Å². The molecule has 0 radical (unpaired) electrons. The van der Waals surface area contributed by atoms with Crippen LogP contribution in [0.2, 0.25) is 0 Å². The van der Waals surface area contributed by atoms with Crippen LogP contribution in [0.25, 0.3) is 6.08 Å². The van der Waals surface area contributed by atoms with Gasteiger partial charge >= 0.3 is 5.97 Å². The smallest absolute Gasteiger partial charge is 0.310 e. The third-order valence-corrected chi connectivity index (χ3v) is 3.96. The van der Waals surface area contributed by atoms with Crippen molar-refractivity contribution in [3.05, 3.63) is 58.8 Å². The summed E-state index contributed by atoms with van der Waals surface area (Å²) in [5.74, 6) is 1.29. The molecule has 0 N–H and O–H groups in total. The van der Waals surface area contributed by atoms with Crippen LogP contribution in [-0.4, -0.2) is 18.9 Å². The third kappa shape index (κ3) is 3.26. The van der Waals surface area contributed by atoms with Gasteiger partial charge in [-0.15, -0.1) is 0 Å². The summed E-state index contributed by atoms with van der Waals surface area (Å²) in [5.41, 5.74) is 1.92. The maximum atomic E-state index is 12.5. The molecule has 0 unspecified atom stereocenters. The van der Waals surface area contributed by atoms with Crippen molar-refractivity contribution in [1.29, 1.82) is 0 Å². The molecule has 25 heavy (non-hydrogen) atoms. The predicted molar refractivity (Wildman–Crippen MR) is 93.0 cm³/mol. The highest BCUT2D eigenvalue weighted by Crippen LogP contribution is 2.39. The fourth-order valence-corrected chi connectivity index (χ4v) is 2.52. The molecule has 128 valence electrons. The minimum atomic E-state index is -0.332. The van der Waals surface area contributed by atoms with Crippen LogP contribution in [0.5, 0.6) is 17.2 Å². The topological polar surface area (TPSA) is 61.8 Å². The molecule has 2 aromatic rings. The maximum Gasteiger partial charge on any atom is 0.310 e. The molecule has 1 aliphatic rings. The highest BCUT2D eigenvalue weighted by Gasteiger charge is 2.30. The summed E-state index contributed by atoms with van der Waals surface area (Å²) in [6, 6.07) is 10.6. The van der Waals surface area contributed by atoms with E-state index in [0.717, 1.165) is 11.3 Å². The van der Waals surface area contributed by atoms with E-state index in [9.17, 15) is 9.59 Å². The van der Waals surface area contributed by atoms with Gasteiger partial charge in [0, 0.05) is 12.0 Å². The van der Waals surface area contributed by atoms with Gasteiger partial charge < -0.3 is 14.2 Å². The summed E-state index contributed by atoms with van der Waals surface area (Å²) in [6.45, 7) is 3.49. The average molecular weight is 338 g/mol. The van der Waals surface area contributed by atoms with Crippen molar-refractivity contribution < 1.29 is 23.8 Å². The number of allylic oxidation sites excluding steroid dienone is 1. The van der Waals surface area contributed by atoms with Gasteiger partial charge in [0.15, 0.2) is 5.76 Å². The van der Waals surface area contributed by atoms with Crippen LogP contribution < -0.4 is 14.2 Å². The zero-order chi connectivity index (χ0) is 18.0. The number of hydrogen-bond donors (Lipinski definition) is 0. The van der Waals surface area contributed by atoms with E-state index in [4.69, 9.17) is 14.2 Å². The summed E-state index contributed by atoms with van der Waals surface area (Å²) in [5, 5.41) is 0. The second-order valence-corrected chi connectivity index (χ2v) is 5.61. The summed E-state index contributed by atoms with van der Waals surface area (Å²) < 4.78 is 16.1. The lowest BCUT2D eigenvalue weighted by atomic mass is 10.1. The number of carbonyl (C=O) groups excluding carboxylic acids is 2. The van der Waals surface area contributed by atoms with E-state index in [1.54, 1.807) is 39.2 Å². The summed E-state index contributed by atoms with van der Waals surface area (Å²) in [7, 11) is 1.60.